The van der Waals surface area contributed by atoms with Crippen molar-refractivity contribution in [3.8, 4) is 5.75 Å². The number of carbonyl (C=O) groups is 1. The fourth-order valence-corrected chi connectivity index (χ4v) is 1.68. The van der Waals surface area contributed by atoms with Gasteiger partial charge in [0.15, 0.2) is 6.61 Å². The molecule has 0 saturated heterocycles. The quantitative estimate of drug-likeness (QED) is 0.841. The molecular weight excluding hydrogens is 230 g/mol. The van der Waals surface area contributed by atoms with E-state index in [-0.39, 0.29) is 12.5 Å². The highest BCUT2D eigenvalue weighted by molar-refractivity contribution is 5.77. The number of rotatable bonds is 6. The van der Waals surface area contributed by atoms with Crippen molar-refractivity contribution in [3.05, 3.63) is 29.8 Å². The smallest absolute Gasteiger partial charge is 0.260 e. The van der Waals surface area contributed by atoms with Crippen LogP contribution in [0.5, 0.6) is 5.75 Å². The summed E-state index contributed by atoms with van der Waals surface area (Å²) in [6.45, 7) is 6.98. The molecule has 0 fully saturated rings. The van der Waals surface area contributed by atoms with Crippen LogP contribution in [0.25, 0.3) is 0 Å². The van der Waals surface area contributed by atoms with Crippen molar-refractivity contribution in [2.75, 3.05) is 19.7 Å². The van der Waals surface area contributed by atoms with Crippen LogP contribution >= 0.6 is 0 Å². The molecule has 1 aromatic carbocycles. The van der Waals surface area contributed by atoms with Gasteiger partial charge in [0.1, 0.15) is 5.75 Å². The lowest BCUT2D eigenvalue weighted by Crippen LogP contribution is -2.34. The van der Waals surface area contributed by atoms with E-state index >= 15 is 0 Å². The first-order valence-electron chi connectivity index (χ1n) is 6.27. The fraction of sp³-hybridized carbons (Fsp3) is 0.500. The van der Waals surface area contributed by atoms with Gasteiger partial charge < -0.3 is 14.7 Å². The van der Waals surface area contributed by atoms with Crippen molar-refractivity contribution in [1.82, 2.24) is 4.90 Å². The second kappa shape index (κ2) is 7.01. The molecule has 0 saturated carbocycles. The number of amides is 1. The van der Waals surface area contributed by atoms with Crippen LogP contribution in [0.1, 0.15) is 32.4 Å². The van der Waals surface area contributed by atoms with Gasteiger partial charge in [-0.2, -0.15) is 0 Å². The Hall–Kier alpha value is -1.55. The highest BCUT2D eigenvalue weighted by Gasteiger charge is 2.10. The third kappa shape index (κ3) is 4.04. The zero-order valence-corrected chi connectivity index (χ0v) is 11.2. The van der Waals surface area contributed by atoms with Gasteiger partial charge in [-0.3, -0.25) is 4.79 Å². The van der Waals surface area contributed by atoms with Crippen molar-refractivity contribution in [1.29, 1.82) is 0 Å². The predicted molar refractivity (Wildman–Crippen MR) is 70.5 cm³/mol. The van der Waals surface area contributed by atoms with E-state index in [1.54, 1.807) is 30.0 Å². The van der Waals surface area contributed by atoms with Gasteiger partial charge in [0.2, 0.25) is 0 Å². The summed E-state index contributed by atoms with van der Waals surface area (Å²) in [5.74, 6) is 0.580. The minimum Gasteiger partial charge on any atom is -0.484 e. The predicted octanol–water partition coefficient (Wildman–Crippen LogP) is 1.99. The molecular formula is C14H21NO3. The molecule has 0 aliphatic rings. The van der Waals surface area contributed by atoms with Gasteiger partial charge in [-0.1, -0.05) is 12.1 Å². The Morgan fingerprint density at radius 3 is 2.61 bits per heavy atom. The number of carbonyl (C=O) groups excluding carboxylic acids is 1. The van der Waals surface area contributed by atoms with E-state index in [4.69, 9.17) is 4.74 Å². The van der Waals surface area contributed by atoms with E-state index in [0.29, 0.717) is 18.8 Å². The summed E-state index contributed by atoms with van der Waals surface area (Å²) in [5, 5.41) is 9.46. The number of nitrogens with zero attached hydrogens (tertiary/aromatic N) is 1. The van der Waals surface area contributed by atoms with Crippen molar-refractivity contribution in [2.24, 2.45) is 0 Å². The Kier molecular flexibility index (Phi) is 5.65. The van der Waals surface area contributed by atoms with Crippen LogP contribution in [0, 0.1) is 0 Å². The van der Waals surface area contributed by atoms with E-state index in [2.05, 4.69) is 0 Å². The summed E-state index contributed by atoms with van der Waals surface area (Å²) in [5.41, 5.74) is 0.780. The highest BCUT2D eigenvalue weighted by atomic mass is 16.5. The normalized spacial score (nSPS) is 12.0. The zero-order chi connectivity index (χ0) is 13.5. The molecule has 1 atom stereocenters. The third-order valence-electron chi connectivity index (χ3n) is 2.82. The highest BCUT2D eigenvalue weighted by Crippen LogP contribution is 2.18. The van der Waals surface area contributed by atoms with E-state index in [9.17, 15) is 9.90 Å². The molecule has 0 spiro atoms. The Labute approximate surface area is 108 Å². The number of hydrogen-bond acceptors (Lipinski definition) is 3. The van der Waals surface area contributed by atoms with Gasteiger partial charge in [-0.25, -0.2) is 0 Å². The molecule has 18 heavy (non-hydrogen) atoms. The maximum absolute atomic E-state index is 11.7. The number of likely N-dealkylation sites (N-methyl/N-ethyl adjacent to an activating group) is 1. The maximum Gasteiger partial charge on any atom is 0.260 e. The summed E-state index contributed by atoms with van der Waals surface area (Å²) in [6.07, 6.45) is -0.535. The van der Waals surface area contributed by atoms with Crippen LogP contribution < -0.4 is 4.74 Å². The number of aliphatic hydroxyl groups excluding tert-OH is 1. The summed E-state index contributed by atoms with van der Waals surface area (Å²) >= 11 is 0. The van der Waals surface area contributed by atoms with Crippen LogP contribution in [0.4, 0.5) is 0 Å². The van der Waals surface area contributed by atoms with E-state index in [0.717, 1.165) is 5.56 Å². The molecule has 0 heterocycles. The minimum atomic E-state index is -0.535. The molecule has 4 nitrogen and oxygen atoms in total. The number of aliphatic hydroxyl groups is 1. The van der Waals surface area contributed by atoms with Gasteiger partial charge in [0, 0.05) is 13.1 Å². The van der Waals surface area contributed by atoms with Crippen LogP contribution in [-0.4, -0.2) is 35.6 Å². The van der Waals surface area contributed by atoms with Gasteiger partial charge >= 0.3 is 0 Å². The summed E-state index contributed by atoms with van der Waals surface area (Å²) in [6, 6.07) is 7.16. The molecule has 0 radical (unpaired) electrons. The topological polar surface area (TPSA) is 49.8 Å². The molecule has 1 aromatic rings. The molecule has 1 rings (SSSR count). The molecule has 100 valence electrons. The lowest BCUT2D eigenvalue weighted by Gasteiger charge is -2.18. The van der Waals surface area contributed by atoms with E-state index in [1.165, 1.54) is 0 Å². The lowest BCUT2D eigenvalue weighted by atomic mass is 10.1. The van der Waals surface area contributed by atoms with Crippen molar-refractivity contribution in [2.45, 2.75) is 26.9 Å². The average molecular weight is 251 g/mol. The minimum absolute atomic E-state index is 0.0255. The molecule has 0 bridgehead atoms. The number of benzene rings is 1. The van der Waals surface area contributed by atoms with Gasteiger partial charge in [0.05, 0.1) is 6.10 Å². The second-order valence-corrected chi connectivity index (χ2v) is 4.10. The monoisotopic (exact) mass is 251 g/mol. The first-order valence-corrected chi connectivity index (χ1v) is 6.27. The number of hydrogen-bond donors (Lipinski definition) is 1. The fourth-order valence-electron chi connectivity index (χ4n) is 1.68. The zero-order valence-electron chi connectivity index (χ0n) is 11.2. The Morgan fingerprint density at radius 2 is 2.06 bits per heavy atom. The van der Waals surface area contributed by atoms with Crippen LogP contribution in [0.15, 0.2) is 24.3 Å². The third-order valence-corrected chi connectivity index (χ3v) is 2.82. The van der Waals surface area contributed by atoms with E-state index in [1.807, 2.05) is 19.9 Å². The largest absolute Gasteiger partial charge is 0.484 e. The maximum atomic E-state index is 11.7. The Bertz CT molecular complexity index is 386. The molecule has 1 N–H and O–H groups in total. The van der Waals surface area contributed by atoms with Crippen LogP contribution in [0.2, 0.25) is 0 Å². The Balaban J connectivity index is 2.58. The molecule has 0 aliphatic heterocycles. The van der Waals surface area contributed by atoms with Crippen molar-refractivity contribution >= 4 is 5.91 Å². The number of ether oxygens (including phenoxy) is 1. The molecule has 1 amide bonds. The van der Waals surface area contributed by atoms with Gasteiger partial charge in [0.25, 0.3) is 5.91 Å². The molecule has 0 aliphatic carbocycles. The standard InChI is InChI=1S/C14H21NO3/c1-4-15(5-2)14(17)10-18-13-8-6-7-12(9-13)11(3)16/h6-9,11,16H,4-5,10H2,1-3H3. The van der Waals surface area contributed by atoms with Crippen LogP contribution in [-0.2, 0) is 4.79 Å². The van der Waals surface area contributed by atoms with E-state index < -0.39 is 6.10 Å². The van der Waals surface area contributed by atoms with Crippen LogP contribution in [0.3, 0.4) is 0 Å². The van der Waals surface area contributed by atoms with Crippen molar-refractivity contribution < 1.29 is 14.6 Å². The summed E-state index contributed by atoms with van der Waals surface area (Å²) < 4.78 is 5.44. The Morgan fingerprint density at radius 1 is 1.39 bits per heavy atom. The lowest BCUT2D eigenvalue weighted by molar-refractivity contribution is -0.132. The van der Waals surface area contributed by atoms with Gasteiger partial charge in [-0.05, 0) is 38.5 Å². The van der Waals surface area contributed by atoms with Crippen molar-refractivity contribution in [3.63, 3.8) is 0 Å². The first kappa shape index (κ1) is 14.5. The second-order valence-electron chi connectivity index (χ2n) is 4.10. The van der Waals surface area contributed by atoms with Gasteiger partial charge in [-0.15, -0.1) is 0 Å². The SMILES string of the molecule is CCN(CC)C(=O)COc1cccc(C(C)O)c1. The average Bonchev–Trinajstić information content (AvgIpc) is 2.38. The first-order chi connectivity index (χ1) is 8.58. The molecule has 0 aromatic heterocycles. The summed E-state index contributed by atoms with van der Waals surface area (Å²) in [4.78, 5) is 13.5. The molecule has 4 heteroatoms. The summed E-state index contributed by atoms with van der Waals surface area (Å²) in [7, 11) is 0. The molecule has 1 unspecified atom stereocenters.